The van der Waals surface area contributed by atoms with Gasteiger partial charge in [0.2, 0.25) is 0 Å². The topological polar surface area (TPSA) is 46.5 Å². The minimum Gasteiger partial charge on any atom is -0.481 e. The van der Waals surface area contributed by atoms with E-state index < -0.39 is 11.9 Å². The molecule has 70 valence electrons. The first-order valence-corrected chi connectivity index (χ1v) is 3.96. The van der Waals surface area contributed by atoms with Crippen molar-refractivity contribution in [2.75, 3.05) is 13.7 Å². The highest BCUT2D eigenvalue weighted by Crippen LogP contribution is 2.16. The first-order chi connectivity index (χ1) is 5.63. The Labute approximate surface area is 73.0 Å². The second-order valence-corrected chi connectivity index (χ2v) is 2.90. The lowest BCUT2D eigenvalue weighted by Gasteiger charge is -2.17. The summed E-state index contributed by atoms with van der Waals surface area (Å²) in [5.41, 5.74) is 0. The van der Waals surface area contributed by atoms with Gasteiger partial charge in [-0.05, 0) is 12.3 Å². The summed E-state index contributed by atoms with van der Waals surface area (Å²) < 4.78 is 4.82. The molecule has 3 heteroatoms. The molecule has 0 saturated carbocycles. The molecular weight excluding hydrogens is 156 g/mol. The van der Waals surface area contributed by atoms with E-state index in [4.69, 9.17) is 9.84 Å². The molecule has 0 aliphatic heterocycles. The van der Waals surface area contributed by atoms with Crippen molar-refractivity contribution in [2.24, 2.45) is 11.8 Å². The number of hydrogen-bond acceptors (Lipinski definition) is 2. The molecule has 0 radical (unpaired) electrons. The Morgan fingerprint density at radius 2 is 2.33 bits per heavy atom. The fourth-order valence-corrected chi connectivity index (χ4v) is 1.09. The van der Waals surface area contributed by atoms with Crippen LogP contribution in [0.4, 0.5) is 0 Å². The van der Waals surface area contributed by atoms with Gasteiger partial charge >= 0.3 is 5.97 Å². The van der Waals surface area contributed by atoms with Crippen LogP contribution in [-0.4, -0.2) is 24.8 Å². The number of methoxy groups -OCH3 is 1. The van der Waals surface area contributed by atoms with Crippen molar-refractivity contribution >= 4 is 5.97 Å². The number of hydrogen-bond donors (Lipinski definition) is 1. The summed E-state index contributed by atoms with van der Waals surface area (Å²) >= 11 is 0. The third kappa shape index (κ3) is 3.53. The Bertz CT molecular complexity index is 154. The fraction of sp³-hybridized carbons (Fsp3) is 0.667. The number of ether oxygens (including phenoxy) is 1. The van der Waals surface area contributed by atoms with Crippen molar-refractivity contribution < 1.29 is 14.6 Å². The molecule has 3 nitrogen and oxygen atoms in total. The van der Waals surface area contributed by atoms with Gasteiger partial charge in [0.25, 0.3) is 0 Å². The predicted molar refractivity (Wildman–Crippen MR) is 47.0 cm³/mol. The Hall–Kier alpha value is -0.830. The average molecular weight is 172 g/mol. The Kier molecular flexibility index (Phi) is 5.37. The van der Waals surface area contributed by atoms with Crippen LogP contribution in [0.1, 0.15) is 13.3 Å². The molecule has 0 bridgehead atoms. The van der Waals surface area contributed by atoms with E-state index in [0.29, 0.717) is 6.42 Å². The zero-order chi connectivity index (χ0) is 9.56. The zero-order valence-corrected chi connectivity index (χ0v) is 7.62. The Morgan fingerprint density at radius 3 is 2.67 bits per heavy atom. The molecule has 1 N–H and O–H groups in total. The highest BCUT2D eigenvalue weighted by Gasteiger charge is 2.23. The lowest BCUT2D eigenvalue weighted by molar-refractivity contribution is -0.145. The Morgan fingerprint density at radius 1 is 1.75 bits per heavy atom. The van der Waals surface area contributed by atoms with Crippen molar-refractivity contribution in [3.05, 3.63) is 12.7 Å². The number of allylic oxidation sites excluding steroid dienone is 1. The summed E-state index contributed by atoms with van der Waals surface area (Å²) in [5.74, 6) is -1.14. The van der Waals surface area contributed by atoms with Gasteiger partial charge in [0, 0.05) is 7.11 Å². The maximum atomic E-state index is 10.7. The minimum atomic E-state index is -0.800. The third-order valence-electron chi connectivity index (χ3n) is 1.89. The normalized spacial score (nSPS) is 15.2. The van der Waals surface area contributed by atoms with Gasteiger partial charge in [0.05, 0.1) is 12.5 Å². The number of aliphatic carboxylic acids is 1. The van der Waals surface area contributed by atoms with E-state index in [-0.39, 0.29) is 12.5 Å². The van der Waals surface area contributed by atoms with Crippen LogP contribution in [0.5, 0.6) is 0 Å². The van der Waals surface area contributed by atoms with Gasteiger partial charge in [-0.1, -0.05) is 13.0 Å². The summed E-state index contributed by atoms with van der Waals surface area (Å²) in [6.07, 6.45) is 2.44. The standard InChI is InChI=1S/C9H16O3/c1-4-5-7(2)8(6-12-3)9(10)11/h4,7-8H,1,5-6H2,2-3H3,(H,10,11)/t7-,8+/m0/s1. The Balaban J connectivity index is 4.07. The molecule has 0 aromatic rings. The molecule has 0 unspecified atom stereocenters. The largest absolute Gasteiger partial charge is 0.481 e. The van der Waals surface area contributed by atoms with Gasteiger partial charge in [0.1, 0.15) is 0 Å². The van der Waals surface area contributed by atoms with Crippen LogP contribution in [-0.2, 0) is 9.53 Å². The molecule has 0 aromatic carbocycles. The monoisotopic (exact) mass is 172 g/mol. The van der Waals surface area contributed by atoms with Crippen LogP contribution in [0.25, 0.3) is 0 Å². The first kappa shape index (κ1) is 11.2. The molecule has 2 atom stereocenters. The van der Waals surface area contributed by atoms with Crippen molar-refractivity contribution in [1.82, 2.24) is 0 Å². The van der Waals surface area contributed by atoms with E-state index in [2.05, 4.69) is 6.58 Å². The van der Waals surface area contributed by atoms with Crippen LogP contribution >= 0.6 is 0 Å². The lowest BCUT2D eigenvalue weighted by atomic mass is 9.92. The summed E-state index contributed by atoms with van der Waals surface area (Å²) in [6, 6.07) is 0. The maximum absolute atomic E-state index is 10.7. The zero-order valence-electron chi connectivity index (χ0n) is 7.62. The lowest BCUT2D eigenvalue weighted by Crippen LogP contribution is -2.25. The number of carboxylic acid groups (broad SMARTS) is 1. The molecule has 0 aromatic heterocycles. The number of rotatable bonds is 6. The second kappa shape index (κ2) is 5.77. The fourth-order valence-electron chi connectivity index (χ4n) is 1.09. The highest BCUT2D eigenvalue weighted by molar-refractivity contribution is 5.70. The SMILES string of the molecule is C=CC[C@H](C)[C@@H](COC)C(=O)O. The van der Waals surface area contributed by atoms with Crippen LogP contribution in [0.15, 0.2) is 12.7 Å². The van der Waals surface area contributed by atoms with Crippen LogP contribution in [0, 0.1) is 11.8 Å². The van der Waals surface area contributed by atoms with Crippen LogP contribution in [0.3, 0.4) is 0 Å². The van der Waals surface area contributed by atoms with Gasteiger partial charge in [-0.2, -0.15) is 0 Å². The van der Waals surface area contributed by atoms with E-state index in [1.54, 1.807) is 6.08 Å². The molecule has 0 heterocycles. The second-order valence-electron chi connectivity index (χ2n) is 2.90. The third-order valence-corrected chi connectivity index (χ3v) is 1.89. The van der Waals surface area contributed by atoms with E-state index in [0.717, 1.165) is 0 Å². The minimum absolute atomic E-state index is 0.0833. The highest BCUT2D eigenvalue weighted by atomic mass is 16.5. The molecule has 0 fully saturated rings. The molecule has 0 amide bonds. The van der Waals surface area contributed by atoms with E-state index in [9.17, 15) is 4.79 Å². The maximum Gasteiger partial charge on any atom is 0.309 e. The average Bonchev–Trinajstić information content (AvgIpc) is 1.99. The van der Waals surface area contributed by atoms with Crippen molar-refractivity contribution in [1.29, 1.82) is 0 Å². The van der Waals surface area contributed by atoms with Crippen LogP contribution < -0.4 is 0 Å². The molecule has 0 aliphatic rings. The molecule has 12 heavy (non-hydrogen) atoms. The molecule has 0 aliphatic carbocycles. The van der Waals surface area contributed by atoms with Crippen molar-refractivity contribution in [3.8, 4) is 0 Å². The summed E-state index contributed by atoms with van der Waals surface area (Å²) in [6.45, 7) is 5.73. The first-order valence-electron chi connectivity index (χ1n) is 3.96. The van der Waals surface area contributed by atoms with E-state index >= 15 is 0 Å². The van der Waals surface area contributed by atoms with Gasteiger partial charge in [0.15, 0.2) is 0 Å². The van der Waals surface area contributed by atoms with Gasteiger partial charge in [-0.15, -0.1) is 6.58 Å². The quantitative estimate of drug-likeness (QED) is 0.618. The summed E-state index contributed by atoms with van der Waals surface area (Å²) in [5, 5.41) is 8.79. The molecule has 0 spiro atoms. The number of carbonyl (C=O) groups is 1. The smallest absolute Gasteiger partial charge is 0.309 e. The van der Waals surface area contributed by atoms with Crippen LogP contribution in [0.2, 0.25) is 0 Å². The van der Waals surface area contributed by atoms with Gasteiger partial charge in [-0.25, -0.2) is 0 Å². The predicted octanol–water partition coefficient (Wildman–Crippen LogP) is 1.55. The van der Waals surface area contributed by atoms with Gasteiger partial charge < -0.3 is 9.84 Å². The molecule has 0 saturated heterocycles. The summed E-state index contributed by atoms with van der Waals surface area (Å²) in [4.78, 5) is 10.7. The number of carboxylic acids is 1. The van der Waals surface area contributed by atoms with Crippen molar-refractivity contribution in [2.45, 2.75) is 13.3 Å². The molecular formula is C9H16O3. The van der Waals surface area contributed by atoms with Gasteiger partial charge in [-0.3, -0.25) is 4.79 Å². The molecule has 0 rings (SSSR count). The van der Waals surface area contributed by atoms with Crippen molar-refractivity contribution in [3.63, 3.8) is 0 Å². The summed E-state index contributed by atoms with van der Waals surface area (Å²) in [7, 11) is 1.51. The van der Waals surface area contributed by atoms with E-state index in [1.165, 1.54) is 7.11 Å². The van der Waals surface area contributed by atoms with E-state index in [1.807, 2.05) is 6.92 Å².